The fraction of sp³-hybridized carbons (Fsp3) is 0.600. The molecule has 290 valence electrons. The van der Waals surface area contributed by atoms with E-state index >= 15 is 0 Å². The second-order valence-corrected chi connectivity index (χ2v) is 22.0. The molecule has 0 aliphatic carbocycles. The van der Waals surface area contributed by atoms with Gasteiger partial charge in [-0.1, -0.05) is 105 Å². The first kappa shape index (κ1) is 42.5. The molecule has 0 radical (unpaired) electrons. The topological polar surface area (TPSA) is 137 Å². The molecule has 4 rings (SSSR count). The Bertz CT molecular complexity index is 1910. The van der Waals surface area contributed by atoms with E-state index in [1.54, 1.807) is 0 Å². The summed E-state index contributed by atoms with van der Waals surface area (Å²) in [5.74, 6) is 0. The lowest BCUT2D eigenvalue weighted by Gasteiger charge is -2.14. The molecular formula is C40H58O8S4. The monoisotopic (exact) mass is 794 g/mol. The third kappa shape index (κ3) is 8.98. The van der Waals surface area contributed by atoms with Crippen molar-refractivity contribution < 1.29 is 33.7 Å². The molecule has 0 saturated heterocycles. The summed E-state index contributed by atoms with van der Waals surface area (Å²) < 4.78 is 114. The molecule has 0 N–H and O–H groups in total. The van der Waals surface area contributed by atoms with E-state index in [2.05, 4.69) is 27.7 Å². The van der Waals surface area contributed by atoms with Crippen LogP contribution < -0.4 is 0 Å². The van der Waals surface area contributed by atoms with Crippen molar-refractivity contribution in [3.8, 4) is 0 Å². The van der Waals surface area contributed by atoms with Gasteiger partial charge in [0, 0.05) is 9.81 Å². The van der Waals surface area contributed by atoms with Crippen LogP contribution in [0, 0.1) is 0 Å². The van der Waals surface area contributed by atoms with Gasteiger partial charge < -0.3 is 0 Å². The zero-order chi connectivity index (χ0) is 38.2. The molecule has 0 bridgehead atoms. The summed E-state index contributed by atoms with van der Waals surface area (Å²) in [6.07, 6.45) is 23.0. The molecule has 0 aromatic heterocycles. The maximum absolute atomic E-state index is 14.6. The summed E-state index contributed by atoms with van der Waals surface area (Å²) in [7, 11) is -17.5. The molecule has 4 aliphatic rings. The predicted molar refractivity (Wildman–Crippen MR) is 213 cm³/mol. The fourth-order valence-corrected chi connectivity index (χ4v) is 15.7. The molecule has 8 nitrogen and oxygen atoms in total. The Labute approximate surface area is 314 Å². The van der Waals surface area contributed by atoms with Crippen molar-refractivity contribution in [2.45, 2.75) is 156 Å². The SMILES string of the molecule is CCCCCCC1=CC=C(C2=C(CCCCCC)C=C(C3=CC(CCCCCC)=C(C4=CC=C(CCCCCC)S4(=O)=O)S3(=O)=O)S2(=O)=O)S1(=O)=O. The van der Waals surface area contributed by atoms with E-state index in [1.807, 2.05) is 0 Å². The molecule has 0 spiro atoms. The minimum absolute atomic E-state index is 0.169. The zero-order valence-corrected chi connectivity index (χ0v) is 34.8. The van der Waals surface area contributed by atoms with Crippen molar-refractivity contribution >= 4 is 39.3 Å². The van der Waals surface area contributed by atoms with E-state index in [1.165, 1.54) is 36.5 Å². The highest BCUT2D eigenvalue weighted by Crippen LogP contribution is 2.51. The van der Waals surface area contributed by atoms with Gasteiger partial charge in [0.25, 0.3) is 0 Å². The summed E-state index contributed by atoms with van der Waals surface area (Å²) >= 11 is 0. The molecular weight excluding hydrogens is 737 g/mol. The summed E-state index contributed by atoms with van der Waals surface area (Å²) in [5.41, 5.74) is 0.554. The zero-order valence-electron chi connectivity index (χ0n) is 31.5. The van der Waals surface area contributed by atoms with Crippen LogP contribution in [0.4, 0.5) is 0 Å². The van der Waals surface area contributed by atoms with Gasteiger partial charge in [0.15, 0.2) is 0 Å². The molecule has 0 unspecified atom stereocenters. The van der Waals surface area contributed by atoms with Gasteiger partial charge >= 0.3 is 0 Å². The molecule has 0 saturated carbocycles. The number of hydrogen-bond donors (Lipinski definition) is 0. The highest BCUT2D eigenvalue weighted by Gasteiger charge is 2.49. The lowest BCUT2D eigenvalue weighted by atomic mass is 10.0. The van der Waals surface area contributed by atoms with Gasteiger partial charge in [-0.3, -0.25) is 0 Å². The van der Waals surface area contributed by atoms with Gasteiger partial charge in [-0.15, -0.1) is 0 Å². The van der Waals surface area contributed by atoms with Crippen molar-refractivity contribution in [2.75, 3.05) is 0 Å². The van der Waals surface area contributed by atoms with Gasteiger partial charge in [0.1, 0.15) is 0 Å². The third-order valence-electron chi connectivity index (χ3n) is 10.3. The van der Waals surface area contributed by atoms with Crippen LogP contribution in [-0.2, 0) is 39.3 Å². The Morgan fingerprint density at radius 3 is 0.962 bits per heavy atom. The standard InChI is InChI=1S/C40H58O8S4/c1-5-9-13-17-21-31-29-37(51(45,46)39(31)35-27-25-33(49(35,41)42)23-19-15-11-7-3)38-30-32(22-18-14-10-6-2)40(52(38,47)48)36-28-26-34(50(36,43)44)24-20-16-12-8-4/h25-30H,5-24H2,1-4H3. The number of allylic oxidation sites excluding steroid dienone is 10. The van der Waals surface area contributed by atoms with Crippen LogP contribution in [0.2, 0.25) is 0 Å². The Morgan fingerprint density at radius 2 is 0.654 bits per heavy atom. The van der Waals surface area contributed by atoms with Crippen molar-refractivity contribution in [2.24, 2.45) is 0 Å². The van der Waals surface area contributed by atoms with Crippen molar-refractivity contribution in [3.63, 3.8) is 0 Å². The molecule has 12 heteroatoms. The maximum atomic E-state index is 14.6. The highest BCUT2D eigenvalue weighted by atomic mass is 32.2. The molecule has 0 atom stereocenters. The second-order valence-electron chi connectivity index (χ2n) is 14.3. The third-order valence-corrected chi connectivity index (χ3v) is 18.4. The smallest absolute Gasteiger partial charge is 0.209 e. The minimum atomic E-state index is -4.63. The Balaban J connectivity index is 1.74. The molecule has 4 aliphatic heterocycles. The summed E-state index contributed by atoms with van der Waals surface area (Å²) in [6, 6.07) is 0. The van der Waals surface area contributed by atoms with E-state index in [0.29, 0.717) is 38.5 Å². The van der Waals surface area contributed by atoms with E-state index in [0.717, 1.165) is 77.0 Å². The van der Waals surface area contributed by atoms with Gasteiger partial charge in [-0.25, -0.2) is 33.7 Å². The van der Waals surface area contributed by atoms with Gasteiger partial charge in [0.05, 0.1) is 29.4 Å². The van der Waals surface area contributed by atoms with Crippen LogP contribution in [0.1, 0.15) is 156 Å². The highest BCUT2D eigenvalue weighted by molar-refractivity contribution is 8.08. The molecule has 52 heavy (non-hydrogen) atoms. The van der Waals surface area contributed by atoms with E-state index < -0.39 is 49.2 Å². The Kier molecular flexibility index (Phi) is 15.0. The molecule has 0 aromatic carbocycles. The lowest BCUT2D eigenvalue weighted by molar-refractivity contribution is 0.599. The first-order valence-electron chi connectivity index (χ1n) is 19.4. The van der Waals surface area contributed by atoms with Crippen molar-refractivity contribution in [3.05, 3.63) is 86.8 Å². The van der Waals surface area contributed by atoms with Gasteiger partial charge in [-0.05, 0) is 99.0 Å². The summed E-state index contributed by atoms with van der Waals surface area (Å²) in [6.45, 7) is 8.24. The van der Waals surface area contributed by atoms with Crippen molar-refractivity contribution in [1.29, 1.82) is 0 Å². The average Bonchev–Trinajstić information content (AvgIpc) is 3.72. The number of unbranched alkanes of at least 4 members (excludes halogenated alkanes) is 12. The maximum Gasteiger partial charge on any atom is 0.209 e. The van der Waals surface area contributed by atoms with E-state index in [4.69, 9.17) is 0 Å². The van der Waals surface area contributed by atoms with E-state index in [-0.39, 0.29) is 53.4 Å². The molecule has 0 aromatic rings. The van der Waals surface area contributed by atoms with E-state index in [9.17, 15) is 33.7 Å². The lowest BCUT2D eigenvalue weighted by Crippen LogP contribution is -2.17. The van der Waals surface area contributed by atoms with Crippen LogP contribution in [0.3, 0.4) is 0 Å². The first-order valence-corrected chi connectivity index (χ1v) is 25.4. The average molecular weight is 795 g/mol. The normalized spacial score (nSPS) is 21.3. The molecule has 0 amide bonds. The largest absolute Gasteiger partial charge is 0.219 e. The molecule has 4 heterocycles. The fourth-order valence-electron chi connectivity index (χ4n) is 7.27. The van der Waals surface area contributed by atoms with Crippen LogP contribution in [0.15, 0.2) is 86.8 Å². The number of sulfone groups is 4. The van der Waals surface area contributed by atoms with Gasteiger partial charge in [-0.2, -0.15) is 0 Å². The van der Waals surface area contributed by atoms with Crippen molar-refractivity contribution in [1.82, 2.24) is 0 Å². The molecule has 0 fully saturated rings. The van der Waals surface area contributed by atoms with Crippen LogP contribution in [-0.4, -0.2) is 33.7 Å². The summed E-state index contributed by atoms with van der Waals surface area (Å²) in [4.78, 5) is -1.94. The Hall–Kier alpha value is -2.28. The van der Waals surface area contributed by atoms with Crippen LogP contribution >= 0.6 is 0 Å². The second kappa shape index (κ2) is 18.4. The quantitative estimate of drug-likeness (QED) is 0.0933. The summed E-state index contributed by atoms with van der Waals surface area (Å²) in [5, 5.41) is 0. The van der Waals surface area contributed by atoms with Crippen LogP contribution in [0.5, 0.6) is 0 Å². The number of rotatable bonds is 23. The minimum Gasteiger partial charge on any atom is -0.219 e. The number of hydrogen-bond acceptors (Lipinski definition) is 8. The van der Waals surface area contributed by atoms with Crippen LogP contribution in [0.25, 0.3) is 0 Å². The predicted octanol–water partition coefficient (Wildman–Crippen LogP) is 10.4. The first-order chi connectivity index (χ1) is 24.7. The Morgan fingerprint density at radius 1 is 0.346 bits per heavy atom. The van der Waals surface area contributed by atoms with Gasteiger partial charge in [0.2, 0.25) is 39.3 Å².